The molecule has 0 saturated heterocycles. The van der Waals surface area contributed by atoms with Gasteiger partial charge < -0.3 is 15.0 Å². The molecule has 102 valence electrons. The Morgan fingerprint density at radius 2 is 1.90 bits per heavy atom. The number of pyridine rings is 1. The summed E-state index contributed by atoms with van der Waals surface area (Å²) in [6.07, 6.45) is 0. The van der Waals surface area contributed by atoms with Gasteiger partial charge in [0, 0.05) is 17.4 Å². The summed E-state index contributed by atoms with van der Waals surface area (Å²) in [6, 6.07) is 13.1. The lowest BCUT2D eigenvalue weighted by Gasteiger charge is -2.09. The third kappa shape index (κ3) is 2.14. The Kier molecular flexibility index (Phi) is 3.39. The summed E-state index contributed by atoms with van der Waals surface area (Å²) in [5.74, 6) is 0.629. The van der Waals surface area contributed by atoms with E-state index in [-0.39, 0.29) is 5.43 Å². The molecule has 4 heteroatoms. The number of aromatic amines is 1. The number of aromatic nitrogens is 1. The number of nitrogens with one attached hydrogen (secondary N) is 2. The normalized spacial score (nSPS) is 11.1. The molecule has 0 aliphatic heterocycles. The highest BCUT2D eigenvalue weighted by Crippen LogP contribution is 2.23. The first-order chi connectivity index (χ1) is 9.81. The number of rotatable bonds is 4. The van der Waals surface area contributed by atoms with Gasteiger partial charge in [-0.15, -0.1) is 0 Å². The van der Waals surface area contributed by atoms with Crippen LogP contribution in [0.4, 0.5) is 0 Å². The van der Waals surface area contributed by atoms with E-state index in [1.54, 1.807) is 0 Å². The Labute approximate surface area is 116 Å². The third-order valence-corrected chi connectivity index (χ3v) is 3.30. The smallest absolute Gasteiger partial charge is 0.200 e. The summed E-state index contributed by atoms with van der Waals surface area (Å²) in [5, 5.41) is 4.32. The summed E-state index contributed by atoms with van der Waals surface area (Å²) < 4.78 is 5.71. The maximum atomic E-state index is 12.6. The molecule has 2 aromatic carbocycles. The van der Waals surface area contributed by atoms with Crippen LogP contribution >= 0.6 is 0 Å². The number of likely N-dealkylation sites (N-methyl/N-ethyl adjacent to an activating group) is 1. The van der Waals surface area contributed by atoms with Gasteiger partial charge in [0.05, 0.1) is 10.9 Å². The van der Waals surface area contributed by atoms with Gasteiger partial charge in [-0.3, -0.25) is 4.79 Å². The van der Waals surface area contributed by atoms with Gasteiger partial charge in [-0.05, 0) is 31.3 Å². The largest absolute Gasteiger partial charge is 0.491 e. The molecular weight excluding hydrogens is 252 g/mol. The third-order valence-electron chi connectivity index (χ3n) is 3.30. The van der Waals surface area contributed by atoms with Crippen molar-refractivity contribution in [2.75, 3.05) is 20.2 Å². The minimum Gasteiger partial charge on any atom is -0.491 e. The molecule has 1 heterocycles. The fourth-order valence-electron chi connectivity index (χ4n) is 2.32. The minimum absolute atomic E-state index is 0.00871. The summed E-state index contributed by atoms with van der Waals surface area (Å²) in [4.78, 5) is 15.9. The molecule has 20 heavy (non-hydrogen) atoms. The van der Waals surface area contributed by atoms with Gasteiger partial charge in [0.2, 0.25) is 5.43 Å². The van der Waals surface area contributed by atoms with Crippen molar-refractivity contribution in [2.24, 2.45) is 0 Å². The number of hydrogen-bond donors (Lipinski definition) is 2. The molecule has 1 aromatic heterocycles. The molecular formula is C16H16N2O2. The van der Waals surface area contributed by atoms with Crippen LogP contribution < -0.4 is 15.5 Å². The minimum atomic E-state index is 0.00871. The molecule has 0 atom stereocenters. The van der Waals surface area contributed by atoms with Crippen LogP contribution in [0, 0.1) is 0 Å². The van der Waals surface area contributed by atoms with Crippen LogP contribution in [0.25, 0.3) is 21.8 Å². The number of para-hydroxylation sites is 1. The lowest BCUT2D eigenvalue weighted by molar-refractivity contribution is 0.322. The van der Waals surface area contributed by atoms with Gasteiger partial charge in [0.1, 0.15) is 12.4 Å². The van der Waals surface area contributed by atoms with Gasteiger partial charge in [-0.1, -0.05) is 18.2 Å². The molecule has 0 spiro atoms. The molecule has 3 rings (SSSR count). The Hall–Kier alpha value is -2.33. The molecule has 0 aliphatic rings. The van der Waals surface area contributed by atoms with Gasteiger partial charge in [0.15, 0.2) is 0 Å². The van der Waals surface area contributed by atoms with Crippen LogP contribution in [0.5, 0.6) is 5.75 Å². The molecule has 4 nitrogen and oxygen atoms in total. The van der Waals surface area contributed by atoms with Crippen molar-refractivity contribution in [3.63, 3.8) is 0 Å². The zero-order chi connectivity index (χ0) is 13.9. The molecule has 0 radical (unpaired) electrons. The molecule has 0 aliphatic carbocycles. The quantitative estimate of drug-likeness (QED) is 0.564. The zero-order valence-corrected chi connectivity index (χ0v) is 11.3. The average molecular weight is 268 g/mol. The van der Waals surface area contributed by atoms with Gasteiger partial charge in [0.25, 0.3) is 0 Å². The highest BCUT2D eigenvalue weighted by molar-refractivity contribution is 5.95. The molecule has 2 N–H and O–H groups in total. The Bertz CT molecular complexity index is 808. The molecule has 0 unspecified atom stereocenters. The first kappa shape index (κ1) is 12.7. The zero-order valence-electron chi connectivity index (χ0n) is 11.3. The van der Waals surface area contributed by atoms with Crippen molar-refractivity contribution in [3.05, 3.63) is 52.7 Å². The maximum Gasteiger partial charge on any atom is 0.200 e. The Morgan fingerprint density at radius 1 is 1.10 bits per heavy atom. The monoisotopic (exact) mass is 268 g/mol. The van der Waals surface area contributed by atoms with Crippen LogP contribution in [-0.4, -0.2) is 25.2 Å². The molecule has 0 bridgehead atoms. The van der Waals surface area contributed by atoms with Gasteiger partial charge in [-0.25, -0.2) is 0 Å². The SMILES string of the molecule is CNCCOc1cccc2[nH]c3ccccc3c(=O)c12. The van der Waals surface area contributed by atoms with Crippen molar-refractivity contribution in [3.8, 4) is 5.75 Å². The van der Waals surface area contributed by atoms with Crippen LogP contribution in [0.3, 0.4) is 0 Å². The van der Waals surface area contributed by atoms with Crippen molar-refractivity contribution < 1.29 is 4.74 Å². The highest BCUT2D eigenvalue weighted by Gasteiger charge is 2.09. The summed E-state index contributed by atoms with van der Waals surface area (Å²) in [6.45, 7) is 1.27. The fourth-order valence-corrected chi connectivity index (χ4v) is 2.32. The van der Waals surface area contributed by atoms with E-state index in [2.05, 4.69) is 10.3 Å². The number of hydrogen-bond acceptors (Lipinski definition) is 3. The highest BCUT2D eigenvalue weighted by atomic mass is 16.5. The van der Waals surface area contributed by atoms with Crippen molar-refractivity contribution in [2.45, 2.75) is 0 Å². The average Bonchev–Trinajstić information content (AvgIpc) is 2.48. The Balaban J connectivity index is 2.22. The summed E-state index contributed by atoms with van der Waals surface area (Å²) in [5.41, 5.74) is 1.66. The molecule has 0 saturated carbocycles. The lowest BCUT2D eigenvalue weighted by atomic mass is 10.1. The Morgan fingerprint density at radius 3 is 2.75 bits per heavy atom. The van der Waals surface area contributed by atoms with Crippen LogP contribution in [0.1, 0.15) is 0 Å². The van der Waals surface area contributed by atoms with E-state index in [1.807, 2.05) is 49.5 Å². The number of H-pyrrole nitrogens is 1. The van der Waals surface area contributed by atoms with E-state index in [9.17, 15) is 4.79 Å². The van der Waals surface area contributed by atoms with Gasteiger partial charge in [-0.2, -0.15) is 0 Å². The standard InChI is InChI=1S/C16H16N2O2/c1-17-9-10-20-14-8-4-7-13-15(14)16(19)11-5-2-3-6-12(11)18-13/h2-8,17H,9-10H2,1H3,(H,18,19). The number of fused-ring (bicyclic) bond motifs is 2. The first-order valence-electron chi connectivity index (χ1n) is 6.62. The number of ether oxygens (including phenoxy) is 1. The maximum absolute atomic E-state index is 12.6. The van der Waals surface area contributed by atoms with E-state index in [4.69, 9.17) is 4.74 Å². The van der Waals surface area contributed by atoms with E-state index in [1.165, 1.54) is 0 Å². The predicted octanol–water partition coefficient (Wildman–Crippen LogP) is 2.28. The van der Waals surface area contributed by atoms with E-state index in [0.29, 0.717) is 23.1 Å². The second kappa shape index (κ2) is 5.35. The van der Waals surface area contributed by atoms with Crippen molar-refractivity contribution in [1.82, 2.24) is 10.3 Å². The summed E-state index contributed by atoms with van der Waals surface area (Å²) in [7, 11) is 1.87. The number of benzene rings is 2. The van der Waals surface area contributed by atoms with E-state index >= 15 is 0 Å². The second-order valence-corrected chi connectivity index (χ2v) is 4.63. The molecule has 0 amide bonds. The van der Waals surface area contributed by atoms with Gasteiger partial charge >= 0.3 is 0 Å². The first-order valence-corrected chi connectivity index (χ1v) is 6.62. The van der Waals surface area contributed by atoms with Crippen molar-refractivity contribution >= 4 is 21.8 Å². The fraction of sp³-hybridized carbons (Fsp3) is 0.188. The second-order valence-electron chi connectivity index (χ2n) is 4.63. The lowest BCUT2D eigenvalue weighted by Crippen LogP contribution is -2.17. The summed E-state index contributed by atoms with van der Waals surface area (Å²) >= 11 is 0. The molecule has 3 aromatic rings. The van der Waals surface area contributed by atoms with Crippen LogP contribution in [0.2, 0.25) is 0 Å². The van der Waals surface area contributed by atoms with E-state index in [0.717, 1.165) is 17.6 Å². The van der Waals surface area contributed by atoms with E-state index < -0.39 is 0 Å². The predicted molar refractivity (Wildman–Crippen MR) is 81.5 cm³/mol. The van der Waals surface area contributed by atoms with Crippen LogP contribution in [-0.2, 0) is 0 Å². The van der Waals surface area contributed by atoms with Crippen LogP contribution in [0.15, 0.2) is 47.3 Å². The topological polar surface area (TPSA) is 54.1 Å². The van der Waals surface area contributed by atoms with Crippen molar-refractivity contribution in [1.29, 1.82) is 0 Å². The molecule has 0 fully saturated rings.